The first kappa shape index (κ1) is 24.1. The van der Waals surface area contributed by atoms with E-state index < -0.39 is 5.25 Å². The standard InChI is InChI=1S/C23H26N4O5S/c1-13-6-7-16(8-14(13)2)25-22(29)19-11-20(28)26-23(33-19)27-24-12-15-9-17(30-3)21(32-5)18(10-15)31-4/h6-10,12,19H,11H2,1-5H3,(H,25,29)(H,26,27,28)/b24-12-/t19-/m0/s1. The quantitative estimate of drug-likeness (QED) is 0.475. The third-order valence-corrected chi connectivity index (χ3v) is 6.05. The van der Waals surface area contributed by atoms with Crippen LogP contribution in [0.15, 0.2) is 40.5 Å². The fourth-order valence-corrected chi connectivity index (χ4v) is 4.04. The molecule has 1 aliphatic rings. The second-order valence-corrected chi connectivity index (χ2v) is 8.45. The summed E-state index contributed by atoms with van der Waals surface area (Å²) in [5.41, 5.74) is 3.56. The fourth-order valence-electron chi connectivity index (χ4n) is 3.11. The smallest absolute Gasteiger partial charge is 0.238 e. The van der Waals surface area contributed by atoms with Crippen molar-refractivity contribution >= 4 is 40.6 Å². The van der Waals surface area contributed by atoms with Crippen LogP contribution >= 0.6 is 11.8 Å². The number of anilines is 1. The van der Waals surface area contributed by atoms with E-state index >= 15 is 0 Å². The van der Waals surface area contributed by atoms with E-state index in [2.05, 4.69) is 20.8 Å². The molecule has 2 amide bonds. The number of hydrogen-bond acceptors (Lipinski definition) is 8. The summed E-state index contributed by atoms with van der Waals surface area (Å²) in [6, 6.07) is 9.12. The van der Waals surface area contributed by atoms with Gasteiger partial charge in [-0.3, -0.25) is 9.59 Å². The van der Waals surface area contributed by atoms with Crippen molar-refractivity contribution in [2.75, 3.05) is 26.6 Å². The van der Waals surface area contributed by atoms with Crippen molar-refractivity contribution < 1.29 is 23.8 Å². The summed E-state index contributed by atoms with van der Waals surface area (Å²) >= 11 is 1.15. The Morgan fingerprint density at radius 1 is 1.09 bits per heavy atom. The monoisotopic (exact) mass is 470 g/mol. The Morgan fingerprint density at radius 3 is 2.39 bits per heavy atom. The predicted octanol–water partition coefficient (Wildman–Crippen LogP) is 3.28. The number of nitrogens with one attached hydrogen (secondary N) is 2. The fraction of sp³-hybridized carbons (Fsp3) is 0.304. The zero-order chi connectivity index (χ0) is 24.0. The molecule has 0 radical (unpaired) electrons. The molecule has 1 aliphatic heterocycles. The molecule has 1 saturated heterocycles. The van der Waals surface area contributed by atoms with Crippen molar-refractivity contribution in [1.29, 1.82) is 0 Å². The van der Waals surface area contributed by atoms with Crippen LogP contribution in [0.25, 0.3) is 0 Å². The molecule has 174 valence electrons. The maximum atomic E-state index is 12.7. The van der Waals surface area contributed by atoms with Crippen LogP contribution in [0.1, 0.15) is 23.1 Å². The first-order valence-electron chi connectivity index (χ1n) is 10.1. The van der Waals surface area contributed by atoms with Crippen LogP contribution in [-0.4, -0.2) is 49.8 Å². The number of amidine groups is 1. The molecular weight excluding hydrogens is 444 g/mol. The second kappa shape index (κ2) is 10.9. The molecule has 3 rings (SSSR count). The van der Waals surface area contributed by atoms with E-state index in [1.807, 2.05) is 32.0 Å². The highest BCUT2D eigenvalue weighted by Crippen LogP contribution is 2.37. The molecule has 1 atom stereocenters. The van der Waals surface area contributed by atoms with E-state index in [1.54, 1.807) is 12.1 Å². The largest absolute Gasteiger partial charge is 0.493 e. The minimum Gasteiger partial charge on any atom is -0.493 e. The third kappa shape index (κ3) is 6.04. The lowest BCUT2D eigenvalue weighted by atomic mass is 10.1. The van der Waals surface area contributed by atoms with Gasteiger partial charge < -0.3 is 24.8 Å². The van der Waals surface area contributed by atoms with Gasteiger partial charge in [-0.1, -0.05) is 17.8 Å². The number of nitrogens with zero attached hydrogens (tertiary/aromatic N) is 2. The Bertz CT molecular complexity index is 1090. The molecule has 0 aromatic heterocycles. The number of carbonyl (C=O) groups excluding carboxylic acids is 2. The van der Waals surface area contributed by atoms with Gasteiger partial charge in [0, 0.05) is 17.7 Å². The van der Waals surface area contributed by atoms with Gasteiger partial charge in [-0.2, -0.15) is 5.10 Å². The molecule has 33 heavy (non-hydrogen) atoms. The maximum absolute atomic E-state index is 12.7. The van der Waals surface area contributed by atoms with Gasteiger partial charge in [0.25, 0.3) is 0 Å². The molecule has 0 saturated carbocycles. The lowest BCUT2D eigenvalue weighted by Crippen LogP contribution is -2.41. The van der Waals surface area contributed by atoms with Crippen LogP contribution in [-0.2, 0) is 9.59 Å². The van der Waals surface area contributed by atoms with E-state index in [4.69, 9.17) is 14.2 Å². The number of aryl methyl sites for hydroxylation is 2. The van der Waals surface area contributed by atoms with E-state index in [9.17, 15) is 9.59 Å². The van der Waals surface area contributed by atoms with Crippen molar-refractivity contribution in [3.8, 4) is 17.2 Å². The summed E-state index contributed by atoms with van der Waals surface area (Å²) in [7, 11) is 4.57. The van der Waals surface area contributed by atoms with Gasteiger partial charge in [-0.05, 0) is 49.2 Å². The van der Waals surface area contributed by atoms with E-state index in [0.717, 1.165) is 22.9 Å². The topological polar surface area (TPSA) is 111 Å². The number of carbonyl (C=O) groups is 2. The van der Waals surface area contributed by atoms with E-state index in [1.165, 1.54) is 27.5 Å². The summed E-state index contributed by atoms with van der Waals surface area (Å²) in [6.07, 6.45) is 1.54. The Kier molecular flexibility index (Phi) is 7.94. The number of thioether (sulfide) groups is 1. The Hall–Kier alpha value is -3.53. The van der Waals surface area contributed by atoms with E-state index in [-0.39, 0.29) is 23.4 Å². The Labute approximate surface area is 196 Å². The van der Waals surface area contributed by atoms with Gasteiger partial charge in [-0.15, -0.1) is 5.10 Å². The molecule has 0 unspecified atom stereocenters. The summed E-state index contributed by atoms with van der Waals surface area (Å²) in [5.74, 6) is 0.870. The highest BCUT2D eigenvalue weighted by Gasteiger charge is 2.30. The molecule has 2 aromatic carbocycles. The summed E-state index contributed by atoms with van der Waals surface area (Å²) in [4.78, 5) is 24.8. The van der Waals surface area contributed by atoms with Crippen LogP contribution < -0.4 is 24.8 Å². The third-order valence-electron chi connectivity index (χ3n) is 4.98. The minimum atomic E-state index is -0.615. The van der Waals surface area contributed by atoms with Crippen LogP contribution in [0.4, 0.5) is 5.69 Å². The molecule has 2 aromatic rings. The first-order valence-corrected chi connectivity index (χ1v) is 11.0. The molecular formula is C23H26N4O5S. The zero-order valence-electron chi connectivity index (χ0n) is 19.1. The van der Waals surface area contributed by atoms with Gasteiger partial charge >= 0.3 is 0 Å². The summed E-state index contributed by atoms with van der Waals surface area (Å²) < 4.78 is 16.0. The molecule has 10 heteroatoms. The van der Waals surface area contributed by atoms with Crippen LogP contribution in [0.3, 0.4) is 0 Å². The van der Waals surface area contributed by atoms with Crippen molar-refractivity contribution in [2.24, 2.45) is 10.2 Å². The van der Waals surface area contributed by atoms with Crippen molar-refractivity contribution in [3.63, 3.8) is 0 Å². The second-order valence-electron chi connectivity index (χ2n) is 7.26. The summed E-state index contributed by atoms with van der Waals surface area (Å²) in [5, 5.41) is 13.3. The molecule has 9 nitrogen and oxygen atoms in total. The number of ether oxygens (including phenoxy) is 3. The molecule has 0 aliphatic carbocycles. The van der Waals surface area contributed by atoms with Crippen LogP contribution in [0.2, 0.25) is 0 Å². The lowest BCUT2D eigenvalue weighted by molar-refractivity contribution is -0.123. The number of rotatable bonds is 7. The van der Waals surface area contributed by atoms with Crippen LogP contribution in [0, 0.1) is 13.8 Å². The van der Waals surface area contributed by atoms with Crippen molar-refractivity contribution in [1.82, 2.24) is 5.32 Å². The Balaban J connectivity index is 1.72. The van der Waals surface area contributed by atoms with Gasteiger partial charge in [-0.25, -0.2) is 0 Å². The van der Waals surface area contributed by atoms with Crippen molar-refractivity contribution in [3.05, 3.63) is 47.0 Å². The predicted molar refractivity (Wildman–Crippen MR) is 130 cm³/mol. The highest BCUT2D eigenvalue weighted by atomic mass is 32.2. The highest BCUT2D eigenvalue weighted by molar-refractivity contribution is 8.15. The van der Waals surface area contributed by atoms with Gasteiger partial charge in [0.2, 0.25) is 17.6 Å². The number of amides is 2. The van der Waals surface area contributed by atoms with Crippen molar-refractivity contribution in [2.45, 2.75) is 25.5 Å². The summed E-state index contributed by atoms with van der Waals surface area (Å²) in [6.45, 7) is 3.98. The number of benzene rings is 2. The molecule has 1 fully saturated rings. The van der Waals surface area contributed by atoms with E-state index in [0.29, 0.717) is 28.5 Å². The SMILES string of the molecule is COc1cc(/C=N\N=C2\NC(=O)C[C@@H](C(=O)Nc3ccc(C)c(C)c3)S2)cc(OC)c1OC. The first-order chi connectivity index (χ1) is 15.8. The van der Waals surface area contributed by atoms with Gasteiger partial charge in [0.15, 0.2) is 16.7 Å². The Morgan fingerprint density at radius 2 is 1.79 bits per heavy atom. The molecule has 0 bridgehead atoms. The minimum absolute atomic E-state index is 0.0525. The number of hydrogen-bond donors (Lipinski definition) is 2. The lowest BCUT2D eigenvalue weighted by Gasteiger charge is -2.21. The zero-order valence-corrected chi connectivity index (χ0v) is 19.9. The van der Waals surface area contributed by atoms with Gasteiger partial charge in [0.1, 0.15) is 5.25 Å². The molecule has 2 N–H and O–H groups in total. The average molecular weight is 471 g/mol. The molecule has 0 spiro atoms. The number of methoxy groups -OCH3 is 3. The molecule has 1 heterocycles. The normalized spacial score (nSPS) is 17.1. The maximum Gasteiger partial charge on any atom is 0.238 e. The average Bonchev–Trinajstić information content (AvgIpc) is 2.80. The van der Waals surface area contributed by atoms with Crippen LogP contribution in [0.5, 0.6) is 17.2 Å². The van der Waals surface area contributed by atoms with Gasteiger partial charge in [0.05, 0.1) is 27.5 Å².